The number of rotatable bonds is 6. The minimum atomic E-state index is -4.75. The van der Waals surface area contributed by atoms with Gasteiger partial charge in [0, 0.05) is 25.2 Å². The van der Waals surface area contributed by atoms with Crippen LogP contribution in [-0.4, -0.2) is 55.2 Å². The Labute approximate surface area is 176 Å². The Morgan fingerprint density at radius 1 is 1.31 bits per heavy atom. The Hall–Kier alpha value is -1.68. The zero-order chi connectivity index (χ0) is 21.7. The summed E-state index contributed by atoms with van der Waals surface area (Å²) in [5.41, 5.74) is -0.552. The number of likely N-dealkylation sites (tertiary alicyclic amines) is 1. The number of benzene rings is 1. The van der Waals surface area contributed by atoms with Crippen LogP contribution in [0.1, 0.15) is 33.6 Å². The summed E-state index contributed by atoms with van der Waals surface area (Å²) in [6.45, 7) is 7.80. The number of ether oxygens (including phenoxy) is 3. The fraction of sp³-hybridized carbons (Fsp3) is 0.632. The van der Waals surface area contributed by atoms with Gasteiger partial charge in [0.15, 0.2) is 0 Å². The number of carbonyl (C=O) groups excluding carboxylic acids is 1. The van der Waals surface area contributed by atoms with Crippen LogP contribution in [0.4, 0.5) is 18.0 Å². The molecule has 1 aromatic carbocycles. The lowest BCUT2D eigenvalue weighted by Gasteiger charge is -2.33. The second kappa shape index (κ2) is 9.88. The number of nitrogens with zero attached hydrogens (tertiary/aromatic N) is 1. The normalized spacial score (nSPS) is 18.2. The predicted octanol–water partition coefficient (Wildman–Crippen LogP) is 4.72. The third-order valence-corrected chi connectivity index (χ3v) is 4.68. The van der Waals surface area contributed by atoms with Crippen LogP contribution >= 0.6 is 15.9 Å². The lowest BCUT2D eigenvalue weighted by atomic mass is 10.1. The third kappa shape index (κ3) is 9.12. The average Bonchev–Trinajstić information content (AvgIpc) is 2.55. The van der Waals surface area contributed by atoms with Crippen molar-refractivity contribution in [3.05, 3.63) is 22.7 Å². The van der Waals surface area contributed by atoms with Gasteiger partial charge in [-0.1, -0.05) is 0 Å². The number of alkyl halides is 3. The molecule has 1 heterocycles. The molecule has 0 bridgehead atoms. The van der Waals surface area contributed by atoms with Gasteiger partial charge in [0.1, 0.15) is 23.7 Å². The molecule has 1 aliphatic heterocycles. The van der Waals surface area contributed by atoms with E-state index in [9.17, 15) is 18.0 Å². The summed E-state index contributed by atoms with van der Waals surface area (Å²) in [5.74, 6) is -0.0671. The van der Waals surface area contributed by atoms with E-state index >= 15 is 0 Å². The Morgan fingerprint density at radius 3 is 2.69 bits per heavy atom. The summed E-state index contributed by atoms with van der Waals surface area (Å²) in [6.07, 6.45) is -3.42. The highest BCUT2D eigenvalue weighted by molar-refractivity contribution is 9.10. The molecule has 1 saturated heterocycles. The van der Waals surface area contributed by atoms with E-state index in [1.807, 2.05) is 20.8 Å². The second-order valence-corrected chi connectivity index (χ2v) is 8.63. The number of alkyl carbamates (subject to hydrolysis) is 1. The van der Waals surface area contributed by atoms with Crippen LogP contribution in [0.15, 0.2) is 22.7 Å². The molecule has 29 heavy (non-hydrogen) atoms. The van der Waals surface area contributed by atoms with Gasteiger partial charge in [0.2, 0.25) is 0 Å². The summed E-state index contributed by atoms with van der Waals surface area (Å²) in [6, 6.07) is 3.83. The van der Waals surface area contributed by atoms with E-state index in [-0.39, 0.29) is 24.1 Å². The molecule has 1 N–H and O–H groups in total. The average molecular weight is 483 g/mol. The second-order valence-electron chi connectivity index (χ2n) is 7.77. The van der Waals surface area contributed by atoms with Crippen molar-refractivity contribution in [2.24, 2.45) is 0 Å². The monoisotopic (exact) mass is 482 g/mol. The standard InChI is InChI=1S/C19H26BrF3N2O4/c1-18(2,3)29-17(26)24-13-5-4-8-25(12-13)9-10-27-16-11-14(6-7-15(16)20)28-19(21,22)23/h6-7,11,13H,4-5,8-10,12H2,1-3H3,(H,24,26)/t13-/m1/s1. The summed E-state index contributed by atoms with van der Waals surface area (Å²) < 4.78 is 52.5. The predicted molar refractivity (Wildman–Crippen MR) is 105 cm³/mol. The number of hydrogen-bond acceptors (Lipinski definition) is 5. The molecule has 0 unspecified atom stereocenters. The lowest BCUT2D eigenvalue weighted by Crippen LogP contribution is -2.49. The number of halogens is 4. The number of carbonyl (C=O) groups is 1. The van der Waals surface area contributed by atoms with Crippen LogP contribution in [-0.2, 0) is 4.74 Å². The van der Waals surface area contributed by atoms with Gasteiger partial charge in [-0.05, 0) is 68.2 Å². The highest BCUT2D eigenvalue weighted by Crippen LogP contribution is 2.32. The Bertz CT molecular complexity index is 695. The van der Waals surface area contributed by atoms with E-state index in [4.69, 9.17) is 9.47 Å². The van der Waals surface area contributed by atoms with Gasteiger partial charge in [-0.25, -0.2) is 4.79 Å². The number of nitrogens with one attached hydrogen (secondary N) is 1. The topological polar surface area (TPSA) is 60.0 Å². The Morgan fingerprint density at radius 2 is 2.03 bits per heavy atom. The molecule has 0 aliphatic carbocycles. The van der Waals surface area contributed by atoms with Crippen molar-refractivity contribution in [3.8, 4) is 11.5 Å². The lowest BCUT2D eigenvalue weighted by molar-refractivity contribution is -0.274. The highest BCUT2D eigenvalue weighted by atomic mass is 79.9. The molecule has 1 amide bonds. The summed E-state index contributed by atoms with van der Waals surface area (Å²) >= 11 is 3.26. The first-order chi connectivity index (χ1) is 13.4. The van der Waals surface area contributed by atoms with Crippen molar-refractivity contribution in [1.82, 2.24) is 10.2 Å². The molecule has 164 valence electrons. The maximum absolute atomic E-state index is 12.4. The van der Waals surface area contributed by atoms with Crippen LogP contribution in [0.5, 0.6) is 11.5 Å². The zero-order valence-corrected chi connectivity index (χ0v) is 18.2. The first kappa shape index (κ1) is 23.6. The number of hydrogen-bond donors (Lipinski definition) is 1. The minimum Gasteiger partial charge on any atom is -0.491 e. The molecule has 1 atom stereocenters. The van der Waals surface area contributed by atoms with Gasteiger partial charge in [-0.2, -0.15) is 0 Å². The SMILES string of the molecule is CC(C)(C)OC(=O)N[C@@H]1CCCN(CCOc2cc(OC(F)(F)F)ccc2Br)C1. The number of amides is 1. The molecule has 1 aromatic rings. The van der Waals surface area contributed by atoms with E-state index in [1.54, 1.807) is 0 Å². The van der Waals surface area contributed by atoms with E-state index in [0.717, 1.165) is 19.4 Å². The first-order valence-corrected chi connectivity index (χ1v) is 10.1. The van der Waals surface area contributed by atoms with E-state index < -0.39 is 18.1 Å². The maximum Gasteiger partial charge on any atom is 0.573 e. The van der Waals surface area contributed by atoms with Crippen molar-refractivity contribution in [2.75, 3.05) is 26.2 Å². The smallest absolute Gasteiger partial charge is 0.491 e. The van der Waals surface area contributed by atoms with Crippen molar-refractivity contribution in [3.63, 3.8) is 0 Å². The van der Waals surface area contributed by atoms with E-state index in [0.29, 0.717) is 17.6 Å². The van der Waals surface area contributed by atoms with Gasteiger partial charge in [-0.3, -0.25) is 4.90 Å². The van der Waals surface area contributed by atoms with Crippen LogP contribution < -0.4 is 14.8 Å². The molecule has 0 aromatic heterocycles. The Balaban J connectivity index is 1.81. The van der Waals surface area contributed by atoms with Crippen molar-refractivity contribution in [2.45, 2.75) is 51.6 Å². The van der Waals surface area contributed by atoms with Crippen molar-refractivity contribution < 1.29 is 32.2 Å². The minimum absolute atomic E-state index is 0.0196. The fourth-order valence-electron chi connectivity index (χ4n) is 2.93. The zero-order valence-electron chi connectivity index (χ0n) is 16.6. The van der Waals surface area contributed by atoms with Gasteiger partial charge >= 0.3 is 12.5 Å². The summed E-state index contributed by atoms with van der Waals surface area (Å²) in [7, 11) is 0. The van der Waals surface area contributed by atoms with Crippen LogP contribution in [0.3, 0.4) is 0 Å². The summed E-state index contributed by atoms with van der Waals surface area (Å²) in [5, 5.41) is 2.88. The van der Waals surface area contributed by atoms with Crippen LogP contribution in [0.2, 0.25) is 0 Å². The first-order valence-electron chi connectivity index (χ1n) is 9.31. The quantitative estimate of drug-likeness (QED) is 0.635. The van der Waals surface area contributed by atoms with Gasteiger partial charge in [0.05, 0.1) is 4.47 Å². The highest BCUT2D eigenvalue weighted by Gasteiger charge is 2.31. The molecule has 0 saturated carbocycles. The molecule has 0 radical (unpaired) electrons. The van der Waals surface area contributed by atoms with Crippen molar-refractivity contribution >= 4 is 22.0 Å². The molecular weight excluding hydrogens is 457 g/mol. The van der Waals surface area contributed by atoms with E-state index in [2.05, 4.69) is 30.9 Å². The maximum atomic E-state index is 12.4. The van der Waals surface area contributed by atoms with E-state index in [1.165, 1.54) is 18.2 Å². The van der Waals surface area contributed by atoms with Gasteiger partial charge < -0.3 is 19.5 Å². The molecule has 6 nitrogen and oxygen atoms in total. The number of piperidine rings is 1. The summed E-state index contributed by atoms with van der Waals surface area (Å²) in [4.78, 5) is 14.1. The molecular formula is C19H26BrF3N2O4. The molecule has 2 rings (SSSR count). The molecule has 0 spiro atoms. The van der Waals surface area contributed by atoms with Gasteiger partial charge in [-0.15, -0.1) is 13.2 Å². The van der Waals surface area contributed by atoms with Crippen LogP contribution in [0, 0.1) is 0 Å². The fourth-order valence-corrected chi connectivity index (χ4v) is 3.29. The largest absolute Gasteiger partial charge is 0.573 e. The third-order valence-electron chi connectivity index (χ3n) is 4.03. The van der Waals surface area contributed by atoms with Gasteiger partial charge in [0.25, 0.3) is 0 Å². The molecule has 1 aliphatic rings. The molecule has 10 heteroatoms. The molecule has 1 fully saturated rings. The van der Waals surface area contributed by atoms with Crippen molar-refractivity contribution in [1.29, 1.82) is 0 Å². The Kier molecular flexibility index (Phi) is 8.04. The van der Waals surface area contributed by atoms with Crippen LogP contribution in [0.25, 0.3) is 0 Å².